The molecule has 0 aliphatic heterocycles. The SMILES string of the molecule is CC(C)Oc1nn(C2CCC(C)(O)CC2)cc1NC=O. The van der Waals surface area contributed by atoms with E-state index in [0.29, 0.717) is 18.0 Å². The van der Waals surface area contributed by atoms with Crippen LogP contribution in [0.1, 0.15) is 52.5 Å². The van der Waals surface area contributed by atoms with Gasteiger partial charge in [0.25, 0.3) is 5.88 Å². The molecule has 0 spiro atoms. The Morgan fingerprint density at radius 2 is 2.20 bits per heavy atom. The third-order valence-electron chi connectivity index (χ3n) is 3.67. The zero-order valence-corrected chi connectivity index (χ0v) is 12.3. The molecule has 0 aromatic carbocycles. The molecule has 1 aliphatic rings. The zero-order valence-electron chi connectivity index (χ0n) is 12.3. The highest BCUT2D eigenvalue weighted by Crippen LogP contribution is 2.36. The van der Waals surface area contributed by atoms with Crippen LogP contribution in [0.5, 0.6) is 5.88 Å². The predicted molar refractivity (Wildman–Crippen MR) is 75.8 cm³/mol. The van der Waals surface area contributed by atoms with E-state index in [1.807, 2.05) is 25.5 Å². The Balaban J connectivity index is 2.14. The summed E-state index contributed by atoms with van der Waals surface area (Å²) in [7, 11) is 0. The van der Waals surface area contributed by atoms with Gasteiger partial charge in [-0.2, -0.15) is 0 Å². The first-order chi connectivity index (χ1) is 9.41. The highest BCUT2D eigenvalue weighted by Gasteiger charge is 2.30. The minimum absolute atomic E-state index is 0.00218. The van der Waals surface area contributed by atoms with Crippen molar-refractivity contribution in [1.82, 2.24) is 9.78 Å². The van der Waals surface area contributed by atoms with Crippen LogP contribution in [0.4, 0.5) is 5.69 Å². The van der Waals surface area contributed by atoms with E-state index < -0.39 is 5.60 Å². The Labute approximate surface area is 119 Å². The molecule has 6 nitrogen and oxygen atoms in total. The van der Waals surface area contributed by atoms with Crippen LogP contribution in [0.15, 0.2) is 6.20 Å². The van der Waals surface area contributed by atoms with Gasteiger partial charge in [0.05, 0.1) is 23.9 Å². The number of aliphatic hydroxyl groups is 1. The van der Waals surface area contributed by atoms with Crippen molar-refractivity contribution in [2.45, 2.75) is 64.2 Å². The van der Waals surface area contributed by atoms with Crippen LogP contribution >= 0.6 is 0 Å². The number of carbonyl (C=O) groups excluding carboxylic acids is 1. The second-order valence-electron chi connectivity index (χ2n) is 5.98. The molecule has 1 aromatic heterocycles. The number of nitrogens with one attached hydrogen (secondary N) is 1. The van der Waals surface area contributed by atoms with E-state index in [-0.39, 0.29) is 12.1 Å². The van der Waals surface area contributed by atoms with Crippen LogP contribution in [0.25, 0.3) is 0 Å². The molecule has 0 radical (unpaired) electrons. The Kier molecular flexibility index (Phi) is 4.32. The van der Waals surface area contributed by atoms with Crippen molar-refractivity contribution >= 4 is 12.1 Å². The Morgan fingerprint density at radius 1 is 1.55 bits per heavy atom. The molecule has 2 rings (SSSR count). The average molecular weight is 281 g/mol. The molecule has 20 heavy (non-hydrogen) atoms. The molecule has 1 aromatic rings. The molecule has 0 atom stereocenters. The minimum Gasteiger partial charge on any atom is -0.472 e. The summed E-state index contributed by atoms with van der Waals surface area (Å²) in [5.41, 5.74) is 0.0242. The molecule has 1 saturated carbocycles. The van der Waals surface area contributed by atoms with E-state index in [9.17, 15) is 9.90 Å². The second-order valence-corrected chi connectivity index (χ2v) is 5.98. The van der Waals surface area contributed by atoms with Crippen molar-refractivity contribution < 1.29 is 14.6 Å². The highest BCUT2D eigenvalue weighted by molar-refractivity contribution is 5.73. The van der Waals surface area contributed by atoms with Gasteiger partial charge >= 0.3 is 0 Å². The molecule has 1 amide bonds. The molecule has 0 saturated heterocycles. The summed E-state index contributed by atoms with van der Waals surface area (Å²) in [5.74, 6) is 0.449. The molecule has 2 N–H and O–H groups in total. The number of amides is 1. The number of carbonyl (C=O) groups is 1. The smallest absolute Gasteiger partial charge is 0.257 e. The largest absolute Gasteiger partial charge is 0.472 e. The molecular weight excluding hydrogens is 258 g/mol. The third kappa shape index (κ3) is 3.50. The number of hydrogen-bond donors (Lipinski definition) is 2. The number of aromatic nitrogens is 2. The fourth-order valence-corrected chi connectivity index (χ4v) is 2.52. The number of anilines is 1. The van der Waals surface area contributed by atoms with E-state index in [1.165, 1.54) is 0 Å². The van der Waals surface area contributed by atoms with Gasteiger partial charge in [0, 0.05) is 0 Å². The van der Waals surface area contributed by atoms with Gasteiger partial charge in [0.1, 0.15) is 5.69 Å². The molecule has 1 fully saturated rings. The average Bonchev–Trinajstić information content (AvgIpc) is 2.72. The quantitative estimate of drug-likeness (QED) is 0.810. The van der Waals surface area contributed by atoms with Crippen LogP contribution in [0, 0.1) is 0 Å². The lowest BCUT2D eigenvalue weighted by Gasteiger charge is -2.32. The molecule has 0 unspecified atom stereocenters. The van der Waals surface area contributed by atoms with E-state index in [2.05, 4.69) is 10.4 Å². The van der Waals surface area contributed by atoms with Crippen molar-refractivity contribution in [1.29, 1.82) is 0 Å². The summed E-state index contributed by atoms with van der Waals surface area (Å²) in [6, 6.07) is 0.243. The molecule has 6 heteroatoms. The van der Waals surface area contributed by atoms with E-state index in [0.717, 1.165) is 25.7 Å². The van der Waals surface area contributed by atoms with Crippen LogP contribution in [-0.4, -0.2) is 33.0 Å². The standard InChI is InChI=1S/C14H23N3O3/c1-10(2)20-13-12(15-9-18)8-17(16-13)11-4-6-14(3,19)7-5-11/h8-11,19H,4-7H2,1-3H3,(H,15,18). The van der Waals surface area contributed by atoms with Crippen molar-refractivity contribution in [3.05, 3.63) is 6.20 Å². The van der Waals surface area contributed by atoms with Crippen LogP contribution in [0.2, 0.25) is 0 Å². The number of hydrogen-bond acceptors (Lipinski definition) is 4. The summed E-state index contributed by atoms with van der Waals surface area (Å²) in [6.07, 6.45) is 5.68. The van der Waals surface area contributed by atoms with Gasteiger partial charge < -0.3 is 15.2 Å². The first-order valence-corrected chi connectivity index (χ1v) is 7.09. The van der Waals surface area contributed by atoms with Gasteiger partial charge in [-0.3, -0.25) is 9.48 Å². The van der Waals surface area contributed by atoms with Crippen molar-refractivity contribution in [2.75, 3.05) is 5.32 Å². The van der Waals surface area contributed by atoms with Gasteiger partial charge in [-0.15, -0.1) is 5.10 Å². The predicted octanol–water partition coefficient (Wildman–Crippen LogP) is 2.10. The Hall–Kier alpha value is -1.56. The molecular formula is C14H23N3O3. The van der Waals surface area contributed by atoms with E-state index in [4.69, 9.17) is 4.74 Å². The fourth-order valence-electron chi connectivity index (χ4n) is 2.52. The highest BCUT2D eigenvalue weighted by atomic mass is 16.5. The lowest BCUT2D eigenvalue weighted by atomic mass is 9.84. The lowest BCUT2D eigenvalue weighted by molar-refractivity contribution is -0.105. The number of nitrogens with zero attached hydrogens (tertiary/aromatic N) is 2. The summed E-state index contributed by atoms with van der Waals surface area (Å²) in [6.45, 7) is 5.71. The van der Waals surface area contributed by atoms with Crippen LogP contribution in [-0.2, 0) is 4.79 Å². The monoisotopic (exact) mass is 281 g/mol. The van der Waals surface area contributed by atoms with Crippen LogP contribution in [0.3, 0.4) is 0 Å². The maximum Gasteiger partial charge on any atom is 0.257 e. The maximum atomic E-state index is 10.6. The normalized spacial score (nSPS) is 26.6. The van der Waals surface area contributed by atoms with Gasteiger partial charge in [0.2, 0.25) is 6.41 Å². The summed E-state index contributed by atoms with van der Waals surface area (Å²) >= 11 is 0. The van der Waals surface area contributed by atoms with Crippen molar-refractivity contribution in [3.63, 3.8) is 0 Å². The second kappa shape index (κ2) is 5.83. The van der Waals surface area contributed by atoms with Gasteiger partial charge in [-0.25, -0.2) is 0 Å². The summed E-state index contributed by atoms with van der Waals surface area (Å²) in [4.78, 5) is 10.6. The molecule has 0 bridgehead atoms. The first-order valence-electron chi connectivity index (χ1n) is 7.09. The summed E-state index contributed by atoms with van der Waals surface area (Å²) < 4.78 is 7.45. The van der Waals surface area contributed by atoms with Crippen molar-refractivity contribution in [3.8, 4) is 5.88 Å². The maximum absolute atomic E-state index is 10.6. The van der Waals surface area contributed by atoms with Crippen LogP contribution < -0.4 is 10.1 Å². The fraction of sp³-hybridized carbons (Fsp3) is 0.714. The van der Waals surface area contributed by atoms with Crippen molar-refractivity contribution in [2.24, 2.45) is 0 Å². The van der Waals surface area contributed by atoms with Gasteiger partial charge in [-0.05, 0) is 46.5 Å². The molecule has 1 aliphatic carbocycles. The van der Waals surface area contributed by atoms with Gasteiger partial charge in [0.15, 0.2) is 0 Å². The molecule has 1 heterocycles. The number of rotatable bonds is 5. The molecule has 112 valence electrons. The first kappa shape index (κ1) is 14.8. The number of ether oxygens (including phenoxy) is 1. The Bertz CT molecular complexity index is 458. The van der Waals surface area contributed by atoms with E-state index >= 15 is 0 Å². The lowest BCUT2D eigenvalue weighted by Crippen LogP contribution is -2.31. The van der Waals surface area contributed by atoms with Gasteiger partial charge in [-0.1, -0.05) is 0 Å². The Morgan fingerprint density at radius 3 is 2.75 bits per heavy atom. The third-order valence-corrected chi connectivity index (χ3v) is 3.67. The summed E-state index contributed by atoms with van der Waals surface area (Å²) in [5, 5.41) is 17.0. The topological polar surface area (TPSA) is 76.4 Å². The minimum atomic E-state index is -0.565. The van der Waals surface area contributed by atoms with E-state index in [1.54, 1.807) is 6.20 Å². The zero-order chi connectivity index (χ0) is 14.8.